The van der Waals surface area contributed by atoms with Gasteiger partial charge >= 0.3 is 6.09 Å². The summed E-state index contributed by atoms with van der Waals surface area (Å²) in [5, 5.41) is 10.2. The van der Waals surface area contributed by atoms with Gasteiger partial charge in [-0.2, -0.15) is 0 Å². The van der Waals surface area contributed by atoms with E-state index in [1.54, 1.807) is 0 Å². The molecule has 2 aromatic carbocycles. The molecule has 0 unspecified atom stereocenters. The van der Waals surface area contributed by atoms with E-state index in [1.807, 2.05) is 30.3 Å². The number of carboxylic acid groups (broad SMARTS) is 1. The molecule has 21 heavy (non-hydrogen) atoms. The number of halogens is 1. The molecule has 0 spiro atoms. The van der Waals surface area contributed by atoms with Gasteiger partial charge < -0.3 is 10.0 Å². The van der Waals surface area contributed by atoms with Gasteiger partial charge in [0.15, 0.2) is 0 Å². The topological polar surface area (TPSA) is 40.5 Å². The van der Waals surface area contributed by atoms with E-state index in [9.17, 15) is 9.90 Å². The number of alkyl halides is 1. The maximum absolute atomic E-state index is 11.3. The molecule has 0 aliphatic rings. The molecular weight excluding hydrogens is 330 g/mol. The number of benzene rings is 2. The van der Waals surface area contributed by atoms with Crippen LogP contribution in [0, 0.1) is 0 Å². The Labute approximate surface area is 133 Å². The fourth-order valence-electron chi connectivity index (χ4n) is 2.11. The third kappa shape index (κ3) is 4.90. The molecule has 0 fully saturated rings. The second-order valence-corrected chi connectivity index (χ2v) is 5.45. The first kappa shape index (κ1) is 15.6. The Kier molecular flexibility index (Phi) is 5.81. The second-order valence-electron chi connectivity index (χ2n) is 4.89. The summed E-state index contributed by atoms with van der Waals surface area (Å²) in [4.78, 5) is 12.8. The first-order chi connectivity index (χ1) is 10.2. The van der Waals surface area contributed by atoms with Crippen LogP contribution in [-0.4, -0.2) is 22.6 Å². The standard InChI is InChI=1S/C17H18BrNO2/c18-12-15-8-6-14(7-9-15)10-11-19(17(20)21)13-16-4-2-1-3-5-16/h1-9H,10-13H2,(H,20,21). The fraction of sp³-hybridized carbons (Fsp3) is 0.235. The maximum atomic E-state index is 11.3. The summed E-state index contributed by atoms with van der Waals surface area (Å²) in [6.07, 6.45) is -0.155. The molecule has 0 atom stereocenters. The van der Waals surface area contributed by atoms with E-state index in [-0.39, 0.29) is 0 Å². The van der Waals surface area contributed by atoms with Crippen LogP contribution in [0.15, 0.2) is 54.6 Å². The van der Waals surface area contributed by atoms with Crippen molar-refractivity contribution in [1.82, 2.24) is 4.90 Å². The van der Waals surface area contributed by atoms with Crippen molar-refractivity contribution in [2.24, 2.45) is 0 Å². The van der Waals surface area contributed by atoms with Crippen LogP contribution in [0.25, 0.3) is 0 Å². The van der Waals surface area contributed by atoms with Crippen molar-refractivity contribution in [3.05, 3.63) is 71.3 Å². The van der Waals surface area contributed by atoms with Crippen molar-refractivity contribution in [3.63, 3.8) is 0 Å². The molecule has 1 amide bonds. The molecule has 0 aromatic heterocycles. The van der Waals surface area contributed by atoms with Gasteiger partial charge in [-0.25, -0.2) is 4.79 Å². The number of rotatable bonds is 6. The Morgan fingerprint density at radius 3 is 2.14 bits per heavy atom. The monoisotopic (exact) mass is 347 g/mol. The zero-order valence-corrected chi connectivity index (χ0v) is 13.3. The van der Waals surface area contributed by atoms with Crippen molar-refractivity contribution < 1.29 is 9.90 Å². The van der Waals surface area contributed by atoms with Crippen LogP contribution in [0.3, 0.4) is 0 Å². The van der Waals surface area contributed by atoms with Gasteiger partial charge in [-0.05, 0) is 23.1 Å². The van der Waals surface area contributed by atoms with Crippen LogP contribution in [-0.2, 0) is 18.3 Å². The number of nitrogens with zero attached hydrogens (tertiary/aromatic N) is 1. The minimum Gasteiger partial charge on any atom is -0.465 e. The first-order valence-corrected chi connectivity index (χ1v) is 7.97. The SMILES string of the molecule is O=C(O)N(CCc1ccc(CBr)cc1)Cc1ccccc1. The van der Waals surface area contributed by atoms with Gasteiger partial charge in [0, 0.05) is 18.4 Å². The lowest BCUT2D eigenvalue weighted by Crippen LogP contribution is -2.30. The molecule has 4 heteroatoms. The van der Waals surface area contributed by atoms with E-state index in [4.69, 9.17) is 0 Å². The highest BCUT2D eigenvalue weighted by Crippen LogP contribution is 2.10. The zero-order chi connectivity index (χ0) is 15.1. The number of hydrogen-bond acceptors (Lipinski definition) is 1. The molecule has 1 N–H and O–H groups in total. The van der Waals surface area contributed by atoms with Crippen LogP contribution >= 0.6 is 15.9 Å². The highest BCUT2D eigenvalue weighted by Gasteiger charge is 2.12. The second kappa shape index (κ2) is 7.84. The van der Waals surface area contributed by atoms with Gasteiger partial charge in [0.1, 0.15) is 0 Å². The molecule has 0 bridgehead atoms. The van der Waals surface area contributed by atoms with Gasteiger partial charge in [0.2, 0.25) is 0 Å². The van der Waals surface area contributed by atoms with Crippen LogP contribution in [0.1, 0.15) is 16.7 Å². The predicted octanol–water partition coefficient (Wildman–Crippen LogP) is 4.30. The molecule has 2 rings (SSSR count). The van der Waals surface area contributed by atoms with E-state index < -0.39 is 6.09 Å². The predicted molar refractivity (Wildman–Crippen MR) is 87.7 cm³/mol. The molecular formula is C17H18BrNO2. The van der Waals surface area contributed by atoms with Crippen LogP contribution in [0.4, 0.5) is 4.79 Å². The molecule has 0 heterocycles. The maximum Gasteiger partial charge on any atom is 0.407 e. The molecule has 0 saturated carbocycles. The highest BCUT2D eigenvalue weighted by atomic mass is 79.9. The lowest BCUT2D eigenvalue weighted by molar-refractivity contribution is 0.143. The van der Waals surface area contributed by atoms with Gasteiger partial charge in [-0.3, -0.25) is 0 Å². The van der Waals surface area contributed by atoms with Gasteiger partial charge in [0.25, 0.3) is 0 Å². The minimum atomic E-state index is -0.879. The number of amides is 1. The quantitative estimate of drug-likeness (QED) is 0.791. The van der Waals surface area contributed by atoms with E-state index in [0.29, 0.717) is 13.1 Å². The summed E-state index contributed by atoms with van der Waals surface area (Å²) in [6, 6.07) is 17.9. The summed E-state index contributed by atoms with van der Waals surface area (Å²) in [7, 11) is 0. The van der Waals surface area contributed by atoms with Gasteiger partial charge in [-0.1, -0.05) is 70.5 Å². The molecule has 2 aromatic rings. The first-order valence-electron chi connectivity index (χ1n) is 6.84. The summed E-state index contributed by atoms with van der Waals surface area (Å²) in [6.45, 7) is 0.924. The Morgan fingerprint density at radius 2 is 1.57 bits per heavy atom. The minimum absolute atomic E-state index is 0.426. The summed E-state index contributed by atoms with van der Waals surface area (Å²) >= 11 is 3.41. The summed E-state index contributed by atoms with van der Waals surface area (Å²) in [5.41, 5.74) is 3.38. The molecule has 0 aliphatic carbocycles. The Balaban J connectivity index is 1.95. The number of carbonyl (C=O) groups is 1. The smallest absolute Gasteiger partial charge is 0.407 e. The Hall–Kier alpha value is -1.81. The molecule has 0 radical (unpaired) electrons. The molecule has 0 aliphatic heterocycles. The van der Waals surface area contributed by atoms with Crippen LogP contribution in [0.5, 0.6) is 0 Å². The van der Waals surface area contributed by atoms with Gasteiger partial charge in [-0.15, -0.1) is 0 Å². The van der Waals surface area contributed by atoms with E-state index in [1.165, 1.54) is 10.5 Å². The van der Waals surface area contributed by atoms with Crippen molar-refractivity contribution in [2.75, 3.05) is 6.54 Å². The molecule has 0 saturated heterocycles. The highest BCUT2D eigenvalue weighted by molar-refractivity contribution is 9.08. The van der Waals surface area contributed by atoms with Gasteiger partial charge in [0.05, 0.1) is 0 Å². The summed E-state index contributed by atoms with van der Waals surface area (Å²) in [5.74, 6) is 0. The largest absolute Gasteiger partial charge is 0.465 e. The van der Waals surface area contributed by atoms with Crippen molar-refractivity contribution in [1.29, 1.82) is 0 Å². The Morgan fingerprint density at radius 1 is 0.952 bits per heavy atom. The summed E-state index contributed by atoms with van der Waals surface area (Å²) < 4.78 is 0. The average Bonchev–Trinajstić information content (AvgIpc) is 2.52. The fourth-order valence-corrected chi connectivity index (χ4v) is 2.48. The lowest BCUT2D eigenvalue weighted by atomic mass is 10.1. The number of hydrogen-bond donors (Lipinski definition) is 1. The van der Waals surface area contributed by atoms with E-state index >= 15 is 0 Å². The van der Waals surface area contributed by atoms with E-state index in [2.05, 4.69) is 40.2 Å². The van der Waals surface area contributed by atoms with Crippen molar-refractivity contribution in [3.8, 4) is 0 Å². The van der Waals surface area contributed by atoms with E-state index in [0.717, 1.165) is 22.9 Å². The average molecular weight is 348 g/mol. The van der Waals surface area contributed by atoms with Crippen molar-refractivity contribution >= 4 is 22.0 Å². The lowest BCUT2D eigenvalue weighted by Gasteiger charge is -2.19. The van der Waals surface area contributed by atoms with Crippen LogP contribution in [0.2, 0.25) is 0 Å². The zero-order valence-electron chi connectivity index (χ0n) is 11.7. The van der Waals surface area contributed by atoms with Crippen molar-refractivity contribution in [2.45, 2.75) is 18.3 Å². The third-order valence-corrected chi connectivity index (χ3v) is 3.98. The Bertz CT molecular complexity index is 569. The van der Waals surface area contributed by atoms with Crippen LogP contribution < -0.4 is 0 Å². The normalized spacial score (nSPS) is 10.3. The third-order valence-electron chi connectivity index (χ3n) is 3.33. The molecule has 3 nitrogen and oxygen atoms in total. The molecule has 110 valence electrons.